The van der Waals surface area contributed by atoms with Gasteiger partial charge in [-0.15, -0.1) is 0 Å². The average Bonchev–Trinajstić information content (AvgIpc) is 3.10. The summed E-state index contributed by atoms with van der Waals surface area (Å²) < 4.78 is 9.69. The predicted octanol–water partition coefficient (Wildman–Crippen LogP) is 6.74. The van der Waals surface area contributed by atoms with Gasteiger partial charge in [0.15, 0.2) is 0 Å². The first-order valence-corrected chi connectivity index (χ1v) is 11.5. The quantitative estimate of drug-likeness (QED) is 0.534. The predicted molar refractivity (Wildman–Crippen MR) is 109 cm³/mol. The Bertz CT molecular complexity index is 876. The van der Waals surface area contributed by atoms with E-state index in [9.17, 15) is 0 Å². The van der Waals surface area contributed by atoms with Crippen LogP contribution in [-0.2, 0) is 17.8 Å². The van der Waals surface area contributed by atoms with Crippen molar-refractivity contribution in [2.45, 2.75) is 41.0 Å². The molecule has 0 aromatic heterocycles. The zero-order valence-electron chi connectivity index (χ0n) is 16.5. The zero-order chi connectivity index (χ0) is 18.7. The molecule has 0 atom stereocenters. The molecular weight excluding hydrogens is 352 g/mol. The number of rotatable bonds is 4. The van der Waals surface area contributed by atoms with Crippen LogP contribution < -0.4 is 3.32 Å². The van der Waals surface area contributed by atoms with Gasteiger partial charge in [0.05, 0.1) is 0 Å². The van der Waals surface area contributed by atoms with E-state index < -0.39 is 17.8 Å². The zero-order valence-corrected chi connectivity index (χ0v) is 18.0. The maximum atomic E-state index is 6.68. The van der Waals surface area contributed by atoms with E-state index in [0.29, 0.717) is 0 Å². The molecule has 0 bridgehead atoms. The molecule has 0 spiro atoms. The molecule has 0 aliphatic heterocycles. The molecule has 1 aliphatic carbocycles. The summed E-state index contributed by atoms with van der Waals surface area (Å²) in [6.45, 7) is 11.4. The van der Waals surface area contributed by atoms with E-state index in [1.54, 1.807) is 3.88 Å². The SMILES string of the molecule is C[C](C)=[Ti]([O]c1cccc(-c2ccccc2)c1)[C]1=C(C(C)(C)C)C=CC1. The van der Waals surface area contributed by atoms with Gasteiger partial charge in [0.25, 0.3) is 0 Å². The van der Waals surface area contributed by atoms with Crippen LogP contribution in [0.15, 0.2) is 76.2 Å². The molecule has 2 aromatic rings. The van der Waals surface area contributed by atoms with Crippen LogP contribution in [-0.4, -0.2) is 3.81 Å². The molecule has 0 N–H and O–H groups in total. The summed E-state index contributed by atoms with van der Waals surface area (Å²) in [4.78, 5) is 0. The molecule has 0 unspecified atom stereocenters. The van der Waals surface area contributed by atoms with Gasteiger partial charge in [-0.25, -0.2) is 0 Å². The molecule has 0 saturated carbocycles. The summed E-state index contributed by atoms with van der Waals surface area (Å²) in [5.41, 5.74) is 4.09. The molecule has 2 aromatic carbocycles. The summed E-state index contributed by atoms with van der Waals surface area (Å²) >= 11 is -1.95. The molecule has 1 nitrogen and oxygen atoms in total. The van der Waals surface area contributed by atoms with Crippen LogP contribution >= 0.6 is 0 Å². The maximum absolute atomic E-state index is 6.68. The fraction of sp³-hybridized carbons (Fsp3) is 0.292. The van der Waals surface area contributed by atoms with Crippen LogP contribution in [0.4, 0.5) is 0 Å². The third-order valence-electron chi connectivity index (χ3n) is 4.63. The van der Waals surface area contributed by atoms with Crippen LogP contribution in [0.2, 0.25) is 0 Å². The second kappa shape index (κ2) is 7.90. The van der Waals surface area contributed by atoms with Crippen molar-refractivity contribution in [2.24, 2.45) is 5.41 Å². The van der Waals surface area contributed by atoms with E-state index in [-0.39, 0.29) is 5.41 Å². The average molecular weight is 380 g/mol. The Morgan fingerprint density at radius 1 is 0.923 bits per heavy atom. The van der Waals surface area contributed by atoms with E-state index in [4.69, 9.17) is 3.32 Å². The second-order valence-electron chi connectivity index (χ2n) is 8.07. The Balaban J connectivity index is 1.95. The van der Waals surface area contributed by atoms with Crippen LogP contribution in [0.1, 0.15) is 41.0 Å². The first kappa shape index (κ1) is 19.1. The Hall–Kier alpha value is -1.70. The Morgan fingerprint density at radius 3 is 2.27 bits per heavy atom. The molecule has 0 saturated heterocycles. The van der Waals surface area contributed by atoms with Crippen molar-refractivity contribution in [3.63, 3.8) is 0 Å². The van der Waals surface area contributed by atoms with Crippen molar-refractivity contribution < 1.29 is 21.1 Å². The van der Waals surface area contributed by atoms with Gasteiger partial charge in [-0.3, -0.25) is 0 Å². The summed E-state index contributed by atoms with van der Waals surface area (Å²) in [6, 6.07) is 19.0. The van der Waals surface area contributed by atoms with E-state index in [1.807, 2.05) is 0 Å². The topological polar surface area (TPSA) is 9.23 Å². The van der Waals surface area contributed by atoms with Gasteiger partial charge >= 0.3 is 164 Å². The van der Waals surface area contributed by atoms with Gasteiger partial charge in [0.2, 0.25) is 0 Å². The van der Waals surface area contributed by atoms with Crippen molar-refractivity contribution in [1.82, 2.24) is 0 Å². The normalized spacial score (nSPS) is 13.9. The summed E-state index contributed by atoms with van der Waals surface area (Å²) in [6.07, 6.45) is 5.66. The summed E-state index contributed by atoms with van der Waals surface area (Å²) in [7, 11) is 0. The van der Waals surface area contributed by atoms with Gasteiger partial charge in [-0.05, 0) is 0 Å². The van der Waals surface area contributed by atoms with Crippen molar-refractivity contribution in [1.29, 1.82) is 0 Å². The summed E-state index contributed by atoms with van der Waals surface area (Å²) in [5.74, 6) is 0.996. The molecule has 0 amide bonds. The molecule has 2 heteroatoms. The molecule has 1 aliphatic rings. The minimum absolute atomic E-state index is 0.172. The number of allylic oxidation sites excluding steroid dienone is 4. The van der Waals surface area contributed by atoms with Gasteiger partial charge in [0.1, 0.15) is 0 Å². The van der Waals surface area contributed by atoms with Gasteiger partial charge in [-0.2, -0.15) is 0 Å². The molecule has 0 heterocycles. The number of hydrogen-bond donors (Lipinski definition) is 0. The molecule has 26 heavy (non-hydrogen) atoms. The second-order valence-corrected chi connectivity index (χ2v) is 11.9. The van der Waals surface area contributed by atoms with Crippen molar-refractivity contribution in [3.05, 3.63) is 76.2 Å². The first-order chi connectivity index (χ1) is 12.4. The third-order valence-corrected chi connectivity index (χ3v) is 8.33. The van der Waals surface area contributed by atoms with Crippen LogP contribution in [0, 0.1) is 5.41 Å². The van der Waals surface area contributed by atoms with E-state index in [2.05, 4.69) is 101 Å². The Labute approximate surface area is 164 Å². The fourth-order valence-corrected chi connectivity index (χ4v) is 6.97. The Morgan fingerprint density at radius 2 is 1.62 bits per heavy atom. The third kappa shape index (κ3) is 4.34. The van der Waals surface area contributed by atoms with Gasteiger partial charge < -0.3 is 0 Å². The van der Waals surface area contributed by atoms with E-state index >= 15 is 0 Å². The van der Waals surface area contributed by atoms with Crippen molar-refractivity contribution in [2.75, 3.05) is 0 Å². The standard InChI is InChI=1S/C12H10O.C9H13.C3H6.Ti/c13-12-8-4-7-11(9-12)10-5-2-1-3-6-10;1-9(2,3)8-6-4-5-7-8;1-3-2;/h1-9,13H;4,6H,5H2,1-3H3;1-2H3;/q;;;+1/p-1. The van der Waals surface area contributed by atoms with Crippen molar-refractivity contribution in [3.8, 4) is 16.9 Å². The Kier molecular flexibility index (Phi) is 5.80. The fourth-order valence-electron chi connectivity index (χ4n) is 3.38. The number of benzene rings is 2. The minimum atomic E-state index is -1.95. The van der Waals surface area contributed by atoms with Crippen molar-refractivity contribution >= 4 is 3.81 Å². The molecule has 134 valence electrons. The van der Waals surface area contributed by atoms with Crippen LogP contribution in [0.5, 0.6) is 5.75 Å². The van der Waals surface area contributed by atoms with E-state index in [1.165, 1.54) is 20.5 Å². The molecule has 3 rings (SSSR count). The molecule has 0 radical (unpaired) electrons. The molecule has 0 fully saturated rings. The van der Waals surface area contributed by atoms with Gasteiger partial charge in [0, 0.05) is 0 Å². The first-order valence-electron chi connectivity index (χ1n) is 9.27. The monoisotopic (exact) mass is 380 g/mol. The number of hydrogen-bond acceptors (Lipinski definition) is 1. The van der Waals surface area contributed by atoms with Crippen LogP contribution in [0.3, 0.4) is 0 Å². The van der Waals surface area contributed by atoms with Crippen LogP contribution in [0.25, 0.3) is 11.1 Å². The van der Waals surface area contributed by atoms with E-state index in [0.717, 1.165) is 12.2 Å². The molecular formula is C24H28OTi. The summed E-state index contributed by atoms with van der Waals surface area (Å²) in [5, 5.41) is 0. The van der Waals surface area contributed by atoms with Gasteiger partial charge in [-0.1, -0.05) is 0 Å².